The molecule has 1 radical (unpaired) electrons. The molecule has 5 nitrogen and oxygen atoms in total. The third-order valence-corrected chi connectivity index (χ3v) is 1.72. The summed E-state index contributed by atoms with van der Waals surface area (Å²) in [7, 11) is 2.07. The minimum absolute atomic E-state index is 0.331. The Morgan fingerprint density at radius 2 is 1.70 bits per heavy atom. The first-order valence-electron chi connectivity index (χ1n) is 7.08. The Morgan fingerprint density at radius 3 is 1.70 bits per heavy atom. The lowest BCUT2D eigenvalue weighted by Crippen LogP contribution is -2.27. The maximum atomic E-state index is 10.0. The second-order valence-electron chi connectivity index (χ2n) is 6.16. The van der Waals surface area contributed by atoms with Gasteiger partial charge < -0.3 is 21.3 Å². The van der Waals surface area contributed by atoms with Gasteiger partial charge in [-0.15, -0.1) is 0 Å². The maximum Gasteiger partial charge on any atom is 0.405 e. The summed E-state index contributed by atoms with van der Waals surface area (Å²) in [5.41, 5.74) is 9.44. The molecule has 0 saturated carbocycles. The highest BCUT2D eigenvalue weighted by atomic mass is 16.6. The van der Waals surface area contributed by atoms with Crippen molar-refractivity contribution in [3.8, 4) is 0 Å². The molecule has 0 aromatic carbocycles. The van der Waals surface area contributed by atoms with Gasteiger partial charge in [-0.2, -0.15) is 0 Å². The van der Waals surface area contributed by atoms with Gasteiger partial charge in [-0.3, -0.25) is 0 Å². The van der Waals surface area contributed by atoms with Crippen LogP contribution in [0.1, 0.15) is 54.9 Å². The smallest absolute Gasteiger partial charge is 0.405 e. The summed E-state index contributed by atoms with van der Waals surface area (Å²) in [6, 6.07) is 0. The van der Waals surface area contributed by atoms with Crippen LogP contribution in [-0.4, -0.2) is 37.1 Å². The van der Waals surface area contributed by atoms with Crippen molar-refractivity contribution < 1.29 is 14.6 Å². The summed E-state index contributed by atoms with van der Waals surface area (Å²) in [6.07, 6.45) is 0.912. The summed E-state index contributed by atoms with van der Waals surface area (Å²) in [5.74, 6) is 1.30. The van der Waals surface area contributed by atoms with Crippen LogP contribution in [0.5, 0.6) is 0 Å². The van der Waals surface area contributed by atoms with Crippen LogP contribution in [-0.2, 0) is 4.74 Å². The molecule has 5 N–H and O–H groups in total. The van der Waals surface area contributed by atoms with E-state index in [2.05, 4.69) is 39.7 Å². The largest absolute Gasteiger partial charge is 0.444 e. The molecule has 0 spiro atoms. The first-order chi connectivity index (χ1) is 8.96. The van der Waals surface area contributed by atoms with Crippen LogP contribution in [0, 0.1) is 5.92 Å². The lowest BCUT2D eigenvalue weighted by atomic mass is 9.67. The average molecular weight is 289 g/mol. The van der Waals surface area contributed by atoms with E-state index in [4.69, 9.17) is 16.6 Å². The second-order valence-corrected chi connectivity index (χ2v) is 6.16. The molecule has 6 heteroatoms. The van der Waals surface area contributed by atoms with E-state index in [9.17, 15) is 4.79 Å². The van der Waals surface area contributed by atoms with Gasteiger partial charge in [0.05, 0.1) is 0 Å². The zero-order valence-electron chi connectivity index (χ0n) is 14.3. The van der Waals surface area contributed by atoms with Gasteiger partial charge in [0.2, 0.25) is 0 Å². The molecule has 121 valence electrons. The van der Waals surface area contributed by atoms with Crippen molar-refractivity contribution in [3.63, 3.8) is 0 Å². The SMILES string of the molecule is CC(C)(C)OC(N)=O.CC(C)CCO.CC(C)[B]CN. The number of amides is 1. The number of primary amides is 1. The third kappa shape index (κ3) is 43.4. The Kier molecular flexibility index (Phi) is 17.8. The van der Waals surface area contributed by atoms with Crippen molar-refractivity contribution in [2.45, 2.75) is 66.3 Å². The van der Waals surface area contributed by atoms with Crippen LogP contribution in [0.25, 0.3) is 0 Å². The van der Waals surface area contributed by atoms with Crippen molar-refractivity contribution in [2.24, 2.45) is 17.4 Å². The van der Waals surface area contributed by atoms with Crippen LogP contribution in [0.4, 0.5) is 4.79 Å². The minimum atomic E-state index is -0.725. The van der Waals surface area contributed by atoms with E-state index in [1.807, 2.05) is 0 Å². The zero-order valence-corrected chi connectivity index (χ0v) is 14.3. The molecule has 1 amide bonds. The van der Waals surface area contributed by atoms with Crippen LogP contribution < -0.4 is 11.5 Å². The first-order valence-corrected chi connectivity index (χ1v) is 7.08. The Morgan fingerprint density at radius 1 is 1.25 bits per heavy atom. The van der Waals surface area contributed by atoms with Crippen molar-refractivity contribution in [2.75, 3.05) is 13.1 Å². The van der Waals surface area contributed by atoms with Gasteiger partial charge in [-0.1, -0.05) is 33.5 Å². The third-order valence-electron chi connectivity index (χ3n) is 1.72. The molecule has 0 atom stereocenters. The van der Waals surface area contributed by atoms with Gasteiger partial charge in [0.1, 0.15) is 12.9 Å². The van der Waals surface area contributed by atoms with Crippen LogP contribution in [0.2, 0.25) is 5.82 Å². The number of carbonyl (C=O) groups is 1. The molecule has 0 fully saturated rings. The molecule has 0 saturated heterocycles. The van der Waals surface area contributed by atoms with Gasteiger partial charge >= 0.3 is 6.09 Å². The Bertz CT molecular complexity index is 207. The van der Waals surface area contributed by atoms with Gasteiger partial charge in [-0.05, 0) is 39.6 Å². The zero-order chi connectivity index (χ0) is 16.8. The molecule has 0 aliphatic heterocycles. The fraction of sp³-hybridized carbons (Fsp3) is 0.929. The van der Waals surface area contributed by atoms with Crippen molar-refractivity contribution in [3.05, 3.63) is 0 Å². The normalized spacial score (nSPS) is 10.2. The van der Waals surface area contributed by atoms with Crippen molar-refractivity contribution in [1.29, 1.82) is 0 Å². The number of nitrogens with two attached hydrogens (primary N) is 2. The number of rotatable bonds is 4. The molecule has 0 aromatic heterocycles. The fourth-order valence-electron chi connectivity index (χ4n) is 0.832. The van der Waals surface area contributed by atoms with Crippen LogP contribution in [0.3, 0.4) is 0 Å². The Balaban J connectivity index is -0.000000221. The Labute approximate surface area is 125 Å². The summed E-state index contributed by atoms with van der Waals surface area (Å²) in [4.78, 5) is 10.0. The lowest BCUT2D eigenvalue weighted by molar-refractivity contribution is 0.0600. The van der Waals surface area contributed by atoms with E-state index in [1.54, 1.807) is 20.8 Å². The number of aliphatic hydroxyl groups is 1. The number of hydrogen-bond acceptors (Lipinski definition) is 4. The number of carbonyl (C=O) groups excluding carboxylic acids is 1. The van der Waals surface area contributed by atoms with Crippen LogP contribution in [0.15, 0.2) is 0 Å². The molecular weight excluding hydrogens is 255 g/mol. The molecule has 20 heavy (non-hydrogen) atoms. The van der Waals surface area contributed by atoms with Gasteiger partial charge in [0.25, 0.3) is 0 Å². The summed E-state index contributed by atoms with van der Waals surface area (Å²) in [5, 5.41) is 8.24. The predicted octanol–water partition coefficient (Wildman–Crippen LogP) is 2.34. The van der Waals surface area contributed by atoms with E-state index in [0.29, 0.717) is 24.8 Å². The monoisotopic (exact) mass is 289 g/mol. The van der Waals surface area contributed by atoms with E-state index in [-0.39, 0.29) is 0 Å². The standard InChI is InChI=1S/C5H11NO2.C5H12O.C4H11BN/c1-5(2,3)8-4(6)7;1-5(2)3-4-6;1-4(2)5-3-6/h1-3H3,(H2,6,7);5-6H,3-4H2,1-2H3;4H,3,6H2,1-2H3. The Hall–Kier alpha value is -0.745. The average Bonchev–Trinajstić information content (AvgIpc) is 2.14. The van der Waals surface area contributed by atoms with Crippen LogP contribution >= 0.6 is 0 Å². The molecule has 0 aromatic rings. The quantitative estimate of drug-likeness (QED) is 0.692. The number of aliphatic hydroxyl groups excluding tert-OH is 1. The van der Waals surface area contributed by atoms with E-state index in [0.717, 1.165) is 6.42 Å². The van der Waals surface area contributed by atoms with Crippen molar-refractivity contribution in [1.82, 2.24) is 0 Å². The molecule has 0 bridgehead atoms. The summed E-state index contributed by atoms with van der Waals surface area (Å²) in [6.45, 7) is 14.0. The van der Waals surface area contributed by atoms with E-state index in [1.165, 1.54) is 0 Å². The molecule has 0 aliphatic carbocycles. The molecule has 0 rings (SSSR count). The fourth-order valence-corrected chi connectivity index (χ4v) is 0.832. The lowest BCUT2D eigenvalue weighted by Gasteiger charge is -2.16. The second kappa shape index (κ2) is 14.7. The highest BCUT2D eigenvalue weighted by Crippen LogP contribution is 2.04. The first kappa shape index (κ1) is 24.3. The highest BCUT2D eigenvalue weighted by molar-refractivity contribution is 6.37. The van der Waals surface area contributed by atoms with Gasteiger partial charge in [0, 0.05) is 6.61 Å². The summed E-state index contributed by atoms with van der Waals surface area (Å²) < 4.78 is 4.58. The molecular formula is C14H34BN2O3. The maximum absolute atomic E-state index is 10.0. The van der Waals surface area contributed by atoms with Gasteiger partial charge in [-0.25, -0.2) is 4.79 Å². The number of hydrogen-bond donors (Lipinski definition) is 3. The topological polar surface area (TPSA) is 98.6 Å². The molecule has 0 aliphatic rings. The van der Waals surface area contributed by atoms with Crippen molar-refractivity contribution >= 4 is 13.4 Å². The van der Waals surface area contributed by atoms with E-state index >= 15 is 0 Å². The molecule has 0 unspecified atom stereocenters. The molecule has 0 heterocycles. The van der Waals surface area contributed by atoms with E-state index < -0.39 is 11.7 Å². The minimum Gasteiger partial charge on any atom is -0.444 e. The highest BCUT2D eigenvalue weighted by Gasteiger charge is 2.12. The van der Waals surface area contributed by atoms with Gasteiger partial charge in [0.15, 0.2) is 0 Å². The number of ether oxygens (including phenoxy) is 1. The summed E-state index contributed by atoms with van der Waals surface area (Å²) >= 11 is 0. The predicted molar refractivity (Wildman–Crippen MR) is 86.9 cm³/mol.